The Kier molecular flexibility index (Phi) is 5.58. The summed E-state index contributed by atoms with van der Waals surface area (Å²) >= 11 is 0. The Morgan fingerprint density at radius 1 is 1.25 bits per heavy atom. The van der Waals surface area contributed by atoms with Crippen LogP contribution in [0.25, 0.3) is 0 Å². The normalized spacial score (nSPS) is 24.2. The van der Waals surface area contributed by atoms with Gasteiger partial charge in [-0.15, -0.1) is 0 Å². The van der Waals surface area contributed by atoms with E-state index in [1.54, 1.807) is 0 Å². The van der Waals surface area contributed by atoms with E-state index in [2.05, 4.69) is 67.4 Å². The molecule has 112 valence electrons. The van der Waals surface area contributed by atoms with Gasteiger partial charge >= 0.3 is 0 Å². The first kappa shape index (κ1) is 15.5. The second-order valence-corrected chi connectivity index (χ2v) is 6.44. The van der Waals surface area contributed by atoms with Crippen molar-refractivity contribution >= 4 is 0 Å². The van der Waals surface area contributed by atoms with E-state index in [9.17, 15) is 0 Å². The van der Waals surface area contributed by atoms with Crippen molar-refractivity contribution in [3.8, 4) is 0 Å². The van der Waals surface area contributed by atoms with E-state index in [1.807, 2.05) is 0 Å². The van der Waals surface area contributed by atoms with Gasteiger partial charge in [0, 0.05) is 25.2 Å². The molecule has 2 atom stereocenters. The lowest BCUT2D eigenvalue weighted by molar-refractivity contribution is 0.168. The summed E-state index contributed by atoms with van der Waals surface area (Å²) in [6.07, 6.45) is 2.52. The van der Waals surface area contributed by atoms with Gasteiger partial charge in [-0.25, -0.2) is 0 Å². The topological polar surface area (TPSA) is 18.5 Å². The number of nitrogens with zero attached hydrogens (tertiary/aromatic N) is 2. The minimum Gasteiger partial charge on any atom is -0.310 e. The van der Waals surface area contributed by atoms with Crippen molar-refractivity contribution < 1.29 is 0 Å². The highest BCUT2D eigenvalue weighted by atomic mass is 15.1. The molecule has 0 radical (unpaired) electrons. The van der Waals surface area contributed by atoms with Crippen LogP contribution in [0.4, 0.5) is 0 Å². The average Bonchev–Trinajstić information content (AvgIpc) is 2.41. The third-order valence-electron chi connectivity index (χ3n) is 4.39. The molecule has 1 heterocycles. The number of likely N-dealkylation sites (tertiary alicyclic amines) is 1. The molecule has 1 aliphatic rings. The quantitative estimate of drug-likeness (QED) is 0.890. The van der Waals surface area contributed by atoms with Crippen LogP contribution in [0.3, 0.4) is 0 Å². The van der Waals surface area contributed by atoms with Crippen molar-refractivity contribution in [2.24, 2.45) is 0 Å². The Bertz CT molecular complexity index is 416. The average molecular weight is 275 g/mol. The minimum atomic E-state index is 0.661. The number of benzene rings is 1. The van der Waals surface area contributed by atoms with Gasteiger partial charge < -0.3 is 15.1 Å². The predicted octanol–water partition coefficient (Wildman–Crippen LogP) is 2.32. The summed E-state index contributed by atoms with van der Waals surface area (Å²) < 4.78 is 0. The molecule has 0 saturated carbocycles. The molecule has 3 heteroatoms. The highest BCUT2D eigenvalue weighted by molar-refractivity contribution is 5.27. The second kappa shape index (κ2) is 7.21. The van der Waals surface area contributed by atoms with Crippen molar-refractivity contribution in [3.63, 3.8) is 0 Å². The summed E-state index contributed by atoms with van der Waals surface area (Å²) in [5.41, 5.74) is 2.87. The van der Waals surface area contributed by atoms with Crippen LogP contribution >= 0.6 is 0 Å². The van der Waals surface area contributed by atoms with E-state index >= 15 is 0 Å². The Labute approximate surface area is 124 Å². The third kappa shape index (κ3) is 4.30. The van der Waals surface area contributed by atoms with Crippen LogP contribution < -0.4 is 5.32 Å². The van der Waals surface area contributed by atoms with Crippen LogP contribution in [0.2, 0.25) is 0 Å². The molecule has 0 bridgehead atoms. The number of rotatable bonds is 5. The first-order valence-corrected chi connectivity index (χ1v) is 7.71. The van der Waals surface area contributed by atoms with E-state index < -0.39 is 0 Å². The molecule has 1 aromatic rings. The molecule has 1 aliphatic heterocycles. The van der Waals surface area contributed by atoms with Gasteiger partial charge in [-0.05, 0) is 58.6 Å². The Morgan fingerprint density at radius 3 is 2.60 bits per heavy atom. The van der Waals surface area contributed by atoms with E-state index in [1.165, 1.54) is 30.5 Å². The Morgan fingerprint density at radius 2 is 1.95 bits per heavy atom. The minimum absolute atomic E-state index is 0.661. The monoisotopic (exact) mass is 275 g/mol. The lowest BCUT2D eigenvalue weighted by Crippen LogP contribution is -2.45. The first-order chi connectivity index (χ1) is 9.56. The zero-order chi connectivity index (χ0) is 14.5. The predicted molar refractivity (Wildman–Crippen MR) is 85.8 cm³/mol. The van der Waals surface area contributed by atoms with Gasteiger partial charge in [0.25, 0.3) is 0 Å². The summed E-state index contributed by atoms with van der Waals surface area (Å²) in [5, 5.41) is 3.76. The Hall–Kier alpha value is -0.900. The highest BCUT2D eigenvalue weighted by Gasteiger charge is 2.22. The van der Waals surface area contributed by atoms with Gasteiger partial charge in [0.05, 0.1) is 0 Å². The standard InChI is InChI=1S/C17H29N3/c1-14-11-17(9-10-20(14)4)18-12-15-7-5-6-8-16(15)13-19(2)3/h5-8,14,17-18H,9-13H2,1-4H3. The second-order valence-electron chi connectivity index (χ2n) is 6.44. The summed E-state index contributed by atoms with van der Waals surface area (Å²) in [6.45, 7) is 5.54. The van der Waals surface area contributed by atoms with Crippen LogP contribution in [0, 0.1) is 0 Å². The third-order valence-corrected chi connectivity index (χ3v) is 4.39. The Balaban J connectivity index is 1.90. The van der Waals surface area contributed by atoms with Crippen molar-refractivity contribution in [2.45, 2.75) is 44.9 Å². The number of hydrogen-bond acceptors (Lipinski definition) is 3. The SMILES string of the molecule is CC1CC(NCc2ccccc2CN(C)C)CCN1C. The van der Waals surface area contributed by atoms with Gasteiger partial charge in [-0.3, -0.25) is 0 Å². The van der Waals surface area contributed by atoms with Gasteiger partial charge in [-0.1, -0.05) is 24.3 Å². The lowest BCUT2D eigenvalue weighted by atomic mass is 9.98. The van der Waals surface area contributed by atoms with Gasteiger partial charge in [0.2, 0.25) is 0 Å². The molecular weight excluding hydrogens is 246 g/mol. The molecule has 0 aliphatic carbocycles. The fourth-order valence-corrected chi connectivity index (χ4v) is 2.95. The fraction of sp³-hybridized carbons (Fsp3) is 0.647. The molecule has 1 fully saturated rings. The van der Waals surface area contributed by atoms with E-state index in [0.29, 0.717) is 12.1 Å². The largest absolute Gasteiger partial charge is 0.310 e. The van der Waals surface area contributed by atoms with Crippen LogP contribution in [-0.2, 0) is 13.1 Å². The summed E-state index contributed by atoms with van der Waals surface area (Å²) in [7, 11) is 6.49. The molecule has 1 N–H and O–H groups in total. The number of nitrogens with one attached hydrogen (secondary N) is 1. The lowest BCUT2D eigenvalue weighted by Gasteiger charge is -2.35. The zero-order valence-electron chi connectivity index (χ0n) is 13.4. The zero-order valence-corrected chi connectivity index (χ0v) is 13.4. The number of piperidine rings is 1. The highest BCUT2D eigenvalue weighted by Crippen LogP contribution is 2.17. The summed E-state index contributed by atoms with van der Waals surface area (Å²) in [4.78, 5) is 4.69. The number of hydrogen-bond donors (Lipinski definition) is 1. The molecule has 0 spiro atoms. The van der Waals surface area contributed by atoms with Crippen molar-refractivity contribution in [1.82, 2.24) is 15.1 Å². The van der Waals surface area contributed by atoms with Crippen LogP contribution in [-0.4, -0.2) is 49.6 Å². The van der Waals surface area contributed by atoms with Crippen molar-refractivity contribution in [1.29, 1.82) is 0 Å². The molecule has 0 aromatic heterocycles. The molecule has 1 saturated heterocycles. The van der Waals surface area contributed by atoms with E-state index in [0.717, 1.165) is 13.1 Å². The summed E-state index contributed by atoms with van der Waals surface area (Å²) in [5.74, 6) is 0. The molecule has 1 aromatic carbocycles. The summed E-state index contributed by atoms with van der Waals surface area (Å²) in [6, 6.07) is 10.1. The molecule has 2 unspecified atom stereocenters. The van der Waals surface area contributed by atoms with Gasteiger partial charge in [0.15, 0.2) is 0 Å². The maximum absolute atomic E-state index is 3.76. The van der Waals surface area contributed by atoms with Crippen LogP contribution in [0.15, 0.2) is 24.3 Å². The smallest absolute Gasteiger partial charge is 0.0230 e. The van der Waals surface area contributed by atoms with Gasteiger partial charge in [-0.2, -0.15) is 0 Å². The maximum Gasteiger partial charge on any atom is 0.0230 e. The first-order valence-electron chi connectivity index (χ1n) is 7.71. The molecule has 3 nitrogen and oxygen atoms in total. The van der Waals surface area contributed by atoms with Crippen molar-refractivity contribution in [2.75, 3.05) is 27.7 Å². The maximum atomic E-state index is 3.76. The van der Waals surface area contributed by atoms with E-state index in [4.69, 9.17) is 0 Å². The molecule has 2 rings (SSSR count). The van der Waals surface area contributed by atoms with Crippen LogP contribution in [0.1, 0.15) is 30.9 Å². The molecule has 0 amide bonds. The fourth-order valence-electron chi connectivity index (χ4n) is 2.95. The molecular formula is C17H29N3. The molecule has 20 heavy (non-hydrogen) atoms. The van der Waals surface area contributed by atoms with Crippen LogP contribution in [0.5, 0.6) is 0 Å². The van der Waals surface area contributed by atoms with Gasteiger partial charge in [0.1, 0.15) is 0 Å². The van der Waals surface area contributed by atoms with E-state index in [-0.39, 0.29) is 0 Å². The van der Waals surface area contributed by atoms with Crippen molar-refractivity contribution in [3.05, 3.63) is 35.4 Å².